The summed E-state index contributed by atoms with van der Waals surface area (Å²) >= 11 is 3.53. The Bertz CT molecular complexity index is 1510. The highest BCUT2D eigenvalue weighted by atomic mass is 79.9. The minimum Gasteiger partial charge on any atom is -0.493 e. The van der Waals surface area contributed by atoms with Crippen LogP contribution < -0.4 is 14.9 Å². The van der Waals surface area contributed by atoms with Gasteiger partial charge in [0.1, 0.15) is 5.58 Å². The molecule has 0 saturated heterocycles. The number of ether oxygens (including phenoxy) is 2. The van der Waals surface area contributed by atoms with E-state index in [2.05, 4.69) is 15.9 Å². The maximum Gasteiger partial charge on any atom is 0.290 e. The van der Waals surface area contributed by atoms with Gasteiger partial charge in [-0.15, -0.1) is 0 Å². The summed E-state index contributed by atoms with van der Waals surface area (Å²) in [4.78, 5) is 29.0. The van der Waals surface area contributed by atoms with Crippen LogP contribution in [0.4, 0.5) is 0 Å². The summed E-state index contributed by atoms with van der Waals surface area (Å²) in [6, 6.07) is 18.3. The Balaban J connectivity index is 1.59. The van der Waals surface area contributed by atoms with Crippen LogP contribution in [0.1, 0.15) is 38.9 Å². The van der Waals surface area contributed by atoms with E-state index in [-0.39, 0.29) is 17.1 Å². The SMILES string of the molecule is COc1ccc(CCN2C(=O)c3oc4ccc(C)cc4c(=O)c3C2c2cccc(Br)c2)cc1OC. The summed E-state index contributed by atoms with van der Waals surface area (Å²) in [5.74, 6) is 1.10. The molecule has 7 heteroatoms. The van der Waals surface area contributed by atoms with Gasteiger partial charge in [0, 0.05) is 11.0 Å². The van der Waals surface area contributed by atoms with E-state index in [4.69, 9.17) is 13.9 Å². The summed E-state index contributed by atoms with van der Waals surface area (Å²) < 4.78 is 17.7. The highest BCUT2D eigenvalue weighted by Gasteiger charge is 2.42. The zero-order valence-electron chi connectivity index (χ0n) is 19.6. The summed E-state index contributed by atoms with van der Waals surface area (Å²) in [5, 5.41) is 0.485. The number of benzene rings is 3. The second-order valence-electron chi connectivity index (χ2n) is 8.57. The van der Waals surface area contributed by atoms with Crippen molar-refractivity contribution in [1.29, 1.82) is 0 Å². The van der Waals surface area contributed by atoms with Crippen molar-refractivity contribution in [3.8, 4) is 11.5 Å². The molecule has 0 aliphatic carbocycles. The lowest BCUT2D eigenvalue weighted by molar-refractivity contribution is 0.0730. The second kappa shape index (κ2) is 9.23. The Kier molecular flexibility index (Phi) is 6.11. The number of aryl methyl sites for hydroxylation is 1. The number of halogens is 1. The van der Waals surface area contributed by atoms with Crippen LogP contribution in [0.3, 0.4) is 0 Å². The van der Waals surface area contributed by atoms with Crippen LogP contribution in [0.2, 0.25) is 0 Å². The minimum absolute atomic E-state index is 0.114. The molecule has 0 spiro atoms. The van der Waals surface area contributed by atoms with Gasteiger partial charge in [-0.1, -0.05) is 45.8 Å². The van der Waals surface area contributed by atoms with Crippen LogP contribution in [-0.2, 0) is 6.42 Å². The second-order valence-corrected chi connectivity index (χ2v) is 9.48. The lowest BCUT2D eigenvalue weighted by Crippen LogP contribution is -2.31. The van der Waals surface area contributed by atoms with Crippen molar-refractivity contribution in [3.63, 3.8) is 0 Å². The third-order valence-corrected chi connectivity index (χ3v) is 6.87. The van der Waals surface area contributed by atoms with Crippen molar-refractivity contribution < 1.29 is 18.7 Å². The molecule has 1 unspecified atom stereocenters. The molecule has 6 nitrogen and oxygen atoms in total. The molecule has 0 bridgehead atoms. The molecule has 4 aromatic rings. The molecule has 1 aliphatic rings. The highest BCUT2D eigenvalue weighted by Crippen LogP contribution is 2.39. The first-order valence-corrected chi connectivity index (χ1v) is 12.0. The van der Waals surface area contributed by atoms with E-state index in [1.54, 1.807) is 25.2 Å². The minimum atomic E-state index is -0.545. The van der Waals surface area contributed by atoms with Crippen LogP contribution in [0.25, 0.3) is 11.0 Å². The van der Waals surface area contributed by atoms with E-state index in [1.807, 2.05) is 61.5 Å². The first-order valence-electron chi connectivity index (χ1n) is 11.3. The zero-order chi connectivity index (χ0) is 24.7. The van der Waals surface area contributed by atoms with Gasteiger partial charge >= 0.3 is 0 Å². The molecule has 5 rings (SSSR count). The molecule has 2 heterocycles. The average Bonchev–Trinajstić information content (AvgIpc) is 3.14. The summed E-state index contributed by atoms with van der Waals surface area (Å²) in [5.41, 5.74) is 3.42. The van der Waals surface area contributed by atoms with Crippen molar-refractivity contribution in [3.05, 3.63) is 103 Å². The van der Waals surface area contributed by atoms with Crippen LogP contribution in [0.15, 0.2) is 74.3 Å². The predicted octanol–water partition coefficient (Wildman–Crippen LogP) is 5.67. The van der Waals surface area contributed by atoms with Gasteiger partial charge < -0.3 is 18.8 Å². The molecule has 0 N–H and O–H groups in total. The number of carbonyl (C=O) groups excluding carboxylic acids is 1. The summed E-state index contributed by atoms with van der Waals surface area (Å²) in [7, 11) is 3.19. The maximum atomic E-state index is 13.7. The van der Waals surface area contributed by atoms with Crippen LogP contribution in [0.5, 0.6) is 11.5 Å². The van der Waals surface area contributed by atoms with Crippen molar-refractivity contribution >= 4 is 32.8 Å². The Morgan fingerprint density at radius 3 is 2.51 bits per heavy atom. The van der Waals surface area contributed by atoms with E-state index in [0.29, 0.717) is 41.0 Å². The van der Waals surface area contributed by atoms with Crippen molar-refractivity contribution in [2.24, 2.45) is 0 Å². The monoisotopic (exact) mass is 533 g/mol. The standard InChI is InChI=1S/C28H24BrNO5/c1-16-7-9-21-20(13-16)26(31)24-25(18-5-4-6-19(29)15-18)30(28(32)27(24)35-21)12-11-17-8-10-22(33-2)23(14-17)34-3/h4-10,13-15,25H,11-12H2,1-3H3. The van der Waals surface area contributed by atoms with Gasteiger partial charge in [-0.05, 0) is 60.9 Å². The van der Waals surface area contributed by atoms with Gasteiger partial charge in [-0.2, -0.15) is 0 Å². The van der Waals surface area contributed by atoms with Crippen LogP contribution in [0, 0.1) is 6.92 Å². The van der Waals surface area contributed by atoms with Gasteiger partial charge in [0.15, 0.2) is 16.9 Å². The predicted molar refractivity (Wildman–Crippen MR) is 137 cm³/mol. The lowest BCUT2D eigenvalue weighted by Gasteiger charge is -2.25. The van der Waals surface area contributed by atoms with E-state index in [9.17, 15) is 9.59 Å². The molecule has 178 valence electrons. The number of carbonyl (C=O) groups is 1. The average molecular weight is 534 g/mol. The van der Waals surface area contributed by atoms with Crippen molar-refractivity contribution in [2.45, 2.75) is 19.4 Å². The fourth-order valence-corrected chi connectivity index (χ4v) is 5.09. The molecule has 1 atom stereocenters. The maximum absolute atomic E-state index is 13.7. The fourth-order valence-electron chi connectivity index (χ4n) is 4.67. The van der Waals surface area contributed by atoms with E-state index < -0.39 is 6.04 Å². The van der Waals surface area contributed by atoms with E-state index >= 15 is 0 Å². The first kappa shape index (κ1) is 23.2. The van der Waals surface area contributed by atoms with Crippen molar-refractivity contribution in [2.75, 3.05) is 20.8 Å². The van der Waals surface area contributed by atoms with E-state index in [1.165, 1.54) is 0 Å². The molecular formula is C28H24BrNO5. The number of amides is 1. The largest absolute Gasteiger partial charge is 0.493 e. The number of methoxy groups -OCH3 is 2. The molecule has 0 fully saturated rings. The summed E-state index contributed by atoms with van der Waals surface area (Å²) in [6.07, 6.45) is 0.567. The smallest absolute Gasteiger partial charge is 0.290 e. The van der Waals surface area contributed by atoms with Crippen LogP contribution in [-0.4, -0.2) is 31.6 Å². The van der Waals surface area contributed by atoms with Gasteiger partial charge in [0.25, 0.3) is 5.91 Å². The Morgan fingerprint density at radius 1 is 0.971 bits per heavy atom. The number of rotatable bonds is 6. The molecule has 1 amide bonds. The molecule has 1 aromatic heterocycles. The number of fused-ring (bicyclic) bond motifs is 2. The number of nitrogens with zero attached hydrogens (tertiary/aromatic N) is 1. The van der Waals surface area contributed by atoms with Gasteiger partial charge in [0.05, 0.1) is 31.2 Å². The molecule has 35 heavy (non-hydrogen) atoms. The van der Waals surface area contributed by atoms with Gasteiger partial charge in [-0.25, -0.2) is 0 Å². The van der Waals surface area contributed by atoms with Gasteiger partial charge in [0.2, 0.25) is 5.76 Å². The Morgan fingerprint density at radius 2 is 1.77 bits per heavy atom. The summed E-state index contributed by atoms with van der Waals surface area (Å²) in [6.45, 7) is 2.32. The van der Waals surface area contributed by atoms with Crippen LogP contribution >= 0.6 is 15.9 Å². The third kappa shape index (κ3) is 4.10. The number of hydrogen-bond donors (Lipinski definition) is 0. The normalized spacial score (nSPS) is 14.9. The fraction of sp³-hybridized carbons (Fsp3) is 0.214. The third-order valence-electron chi connectivity index (χ3n) is 6.37. The van der Waals surface area contributed by atoms with Crippen molar-refractivity contribution in [1.82, 2.24) is 4.90 Å². The first-order chi connectivity index (χ1) is 16.9. The topological polar surface area (TPSA) is 69.0 Å². The molecule has 1 aliphatic heterocycles. The Hall–Kier alpha value is -3.58. The molecule has 0 radical (unpaired) electrons. The molecule has 3 aromatic carbocycles. The van der Waals surface area contributed by atoms with E-state index in [0.717, 1.165) is 21.2 Å². The zero-order valence-corrected chi connectivity index (χ0v) is 21.2. The van der Waals surface area contributed by atoms with Gasteiger partial charge in [-0.3, -0.25) is 9.59 Å². The highest BCUT2D eigenvalue weighted by molar-refractivity contribution is 9.10. The molecule has 0 saturated carbocycles. The number of hydrogen-bond acceptors (Lipinski definition) is 5. The lowest BCUT2D eigenvalue weighted by atomic mass is 9.98. The quantitative estimate of drug-likeness (QED) is 0.319. The Labute approximate surface area is 211 Å². The molecular weight excluding hydrogens is 510 g/mol.